The summed E-state index contributed by atoms with van der Waals surface area (Å²) in [5.41, 5.74) is 1.70. The van der Waals surface area contributed by atoms with Crippen molar-refractivity contribution in [3.05, 3.63) is 52.4 Å². The molecule has 0 spiro atoms. The van der Waals surface area contributed by atoms with Crippen LogP contribution in [0, 0.1) is 6.92 Å². The first-order valence-corrected chi connectivity index (χ1v) is 9.09. The lowest BCUT2D eigenvalue weighted by atomic mass is 10.1. The topological polar surface area (TPSA) is 75.4 Å². The molecule has 6 nitrogen and oxygen atoms in total. The van der Waals surface area contributed by atoms with Crippen molar-refractivity contribution >= 4 is 23.4 Å². The number of carbonyl (C=O) groups is 2. The van der Waals surface area contributed by atoms with E-state index in [0.29, 0.717) is 23.7 Å². The molecular weight excluding hydrogens is 354 g/mol. The van der Waals surface area contributed by atoms with Crippen molar-refractivity contribution < 1.29 is 14.1 Å². The zero-order valence-electron chi connectivity index (χ0n) is 14.9. The first kappa shape index (κ1) is 18.5. The summed E-state index contributed by atoms with van der Waals surface area (Å²) in [7, 11) is 0. The smallest absolute Gasteiger partial charge is 0.243 e. The Hall–Kier alpha value is -2.34. The van der Waals surface area contributed by atoms with Crippen LogP contribution in [0.3, 0.4) is 0 Å². The van der Waals surface area contributed by atoms with E-state index in [-0.39, 0.29) is 24.3 Å². The van der Waals surface area contributed by atoms with Crippen LogP contribution in [-0.2, 0) is 16.0 Å². The van der Waals surface area contributed by atoms with Gasteiger partial charge >= 0.3 is 0 Å². The van der Waals surface area contributed by atoms with Crippen LogP contribution < -0.4 is 5.32 Å². The second kappa shape index (κ2) is 7.91. The largest absolute Gasteiger partial charge is 0.361 e. The molecule has 1 saturated heterocycles. The molecule has 26 heavy (non-hydrogen) atoms. The van der Waals surface area contributed by atoms with Gasteiger partial charge in [0.1, 0.15) is 11.8 Å². The molecule has 1 N–H and O–H groups in total. The van der Waals surface area contributed by atoms with E-state index >= 15 is 0 Å². The minimum atomic E-state index is -0.443. The molecule has 1 fully saturated rings. The van der Waals surface area contributed by atoms with Crippen LogP contribution in [-0.4, -0.2) is 34.5 Å². The Bertz CT molecular complexity index is 788. The van der Waals surface area contributed by atoms with Crippen LogP contribution in [0.15, 0.2) is 34.9 Å². The van der Waals surface area contributed by atoms with E-state index in [1.165, 1.54) is 0 Å². The number of benzene rings is 1. The molecule has 1 aromatic heterocycles. The van der Waals surface area contributed by atoms with Gasteiger partial charge in [-0.05, 0) is 44.4 Å². The Morgan fingerprint density at radius 3 is 2.77 bits per heavy atom. The number of nitrogens with zero attached hydrogens (tertiary/aromatic N) is 2. The van der Waals surface area contributed by atoms with Crippen LogP contribution in [0.4, 0.5) is 0 Å². The first-order valence-electron chi connectivity index (χ1n) is 8.71. The molecule has 2 heterocycles. The maximum Gasteiger partial charge on any atom is 0.243 e. The third kappa shape index (κ3) is 4.25. The maximum atomic E-state index is 12.7. The number of aryl methyl sites for hydroxylation is 1. The summed E-state index contributed by atoms with van der Waals surface area (Å²) in [4.78, 5) is 26.9. The summed E-state index contributed by atoms with van der Waals surface area (Å²) in [6, 6.07) is 8.50. The number of nitrogens with one attached hydrogen (secondary N) is 1. The normalized spacial score (nSPS) is 18.0. The highest BCUT2D eigenvalue weighted by Gasteiger charge is 2.34. The molecule has 7 heteroatoms. The molecule has 0 bridgehead atoms. The van der Waals surface area contributed by atoms with Gasteiger partial charge < -0.3 is 14.7 Å². The zero-order chi connectivity index (χ0) is 18.7. The second-order valence-electron chi connectivity index (χ2n) is 6.64. The van der Waals surface area contributed by atoms with Gasteiger partial charge in [-0.2, -0.15) is 0 Å². The van der Waals surface area contributed by atoms with E-state index in [1.807, 2.05) is 26.0 Å². The van der Waals surface area contributed by atoms with E-state index in [0.717, 1.165) is 17.7 Å². The zero-order valence-corrected chi connectivity index (χ0v) is 15.6. The lowest BCUT2D eigenvalue weighted by Crippen LogP contribution is -2.47. The molecule has 1 aliphatic rings. The number of aromatic nitrogens is 1. The lowest BCUT2D eigenvalue weighted by Gasteiger charge is -2.25. The Morgan fingerprint density at radius 1 is 1.38 bits per heavy atom. The third-order valence-corrected chi connectivity index (χ3v) is 4.86. The van der Waals surface area contributed by atoms with Gasteiger partial charge in [-0.1, -0.05) is 28.9 Å². The minimum Gasteiger partial charge on any atom is -0.361 e. The van der Waals surface area contributed by atoms with E-state index in [9.17, 15) is 9.59 Å². The monoisotopic (exact) mass is 375 g/mol. The van der Waals surface area contributed by atoms with Crippen LogP contribution in [0.2, 0.25) is 5.02 Å². The average molecular weight is 376 g/mol. The molecule has 0 unspecified atom stereocenters. The van der Waals surface area contributed by atoms with Crippen LogP contribution in [0.1, 0.15) is 42.8 Å². The quantitative estimate of drug-likeness (QED) is 0.871. The average Bonchev–Trinajstić information content (AvgIpc) is 3.24. The summed E-state index contributed by atoms with van der Waals surface area (Å²) in [5.74, 6) is 0.276. The van der Waals surface area contributed by atoms with Gasteiger partial charge in [0.25, 0.3) is 0 Å². The number of amides is 2. The van der Waals surface area contributed by atoms with Gasteiger partial charge in [-0.15, -0.1) is 0 Å². The van der Waals surface area contributed by atoms with Crippen molar-refractivity contribution in [2.45, 2.75) is 45.2 Å². The van der Waals surface area contributed by atoms with Gasteiger partial charge in [0.2, 0.25) is 11.8 Å². The molecular formula is C19H22ClN3O3. The van der Waals surface area contributed by atoms with Crippen LogP contribution >= 0.6 is 11.6 Å². The summed E-state index contributed by atoms with van der Waals surface area (Å²) < 4.78 is 5.11. The second-order valence-corrected chi connectivity index (χ2v) is 7.07. The van der Waals surface area contributed by atoms with Gasteiger partial charge in [-0.3, -0.25) is 9.59 Å². The fourth-order valence-electron chi connectivity index (χ4n) is 3.23. The van der Waals surface area contributed by atoms with Gasteiger partial charge in [0.05, 0.1) is 18.2 Å². The van der Waals surface area contributed by atoms with Crippen molar-refractivity contribution in [2.75, 3.05) is 6.54 Å². The fourth-order valence-corrected chi connectivity index (χ4v) is 3.36. The molecule has 3 rings (SSSR count). The van der Waals surface area contributed by atoms with Crippen molar-refractivity contribution in [1.82, 2.24) is 15.4 Å². The highest BCUT2D eigenvalue weighted by Crippen LogP contribution is 2.21. The van der Waals surface area contributed by atoms with Crippen LogP contribution in [0.25, 0.3) is 0 Å². The van der Waals surface area contributed by atoms with Gasteiger partial charge in [-0.25, -0.2) is 0 Å². The highest BCUT2D eigenvalue weighted by atomic mass is 35.5. The van der Waals surface area contributed by atoms with E-state index in [4.69, 9.17) is 16.1 Å². The Labute approximate surface area is 157 Å². The molecule has 1 aromatic carbocycles. The van der Waals surface area contributed by atoms with Crippen molar-refractivity contribution in [3.8, 4) is 0 Å². The molecule has 2 amide bonds. The van der Waals surface area contributed by atoms with E-state index in [1.54, 1.807) is 23.1 Å². The van der Waals surface area contributed by atoms with Gasteiger partial charge in [0, 0.05) is 17.6 Å². The lowest BCUT2D eigenvalue weighted by molar-refractivity contribution is -0.138. The minimum absolute atomic E-state index is 0.113. The first-order chi connectivity index (χ1) is 12.4. The fraction of sp³-hybridized carbons (Fsp3) is 0.421. The van der Waals surface area contributed by atoms with Gasteiger partial charge in [0.15, 0.2) is 0 Å². The number of hydrogen-bond donors (Lipinski definition) is 1. The molecule has 138 valence electrons. The number of hydrogen-bond acceptors (Lipinski definition) is 4. The van der Waals surface area contributed by atoms with E-state index < -0.39 is 6.04 Å². The summed E-state index contributed by atoms with van der Waals surface area (Å²) in [6.07, 6.45) is 1.60. The Kier molecular flexibility index (Phi) is 5.61. The van der Waals surface area contributed by atoms with Crippen molar-refractivity contribution in [3.63, 3.8) is 0 Å². The predicted octanol–water partition coefficient (Wildman–Crippen LogP) is 3.05. The molecule has 0 radical (unpaired) electrons. The highest BCUT2D eigenvalue weighted by molar-refractivity contribution is 6.30. The number of carbonyl (C=O) groups excluding carboxylic acids is 2. The standard InChI is InChI=1S/C19H22ClN3O3/c1-12-10-16(26-22-12)11-18(24)23-9-3-4-17(23)19(25)21-13(2)14-5-7-15(20)8-6-14/h5-8,10,13,17H,3-4,9,11H2,1-2H3,(H,21,25)/t13-,17-/m0/s1. The number of rotatable bonds is 5. The summed E-state index contributed by atoms with van der Waals surface area (Å²) in [6.45, 7) is 4.31. The molecule has 0 saturated carbocycles. The Morgan fingerprint density at radius 2 is 2.12 bits per heavy atom. The van der Waals surface area contributed by atoms with E-state index in [2.05, 4.69) is 10.5 Å². The molecule has 1 aliphatic heterocycles. The van der Waals surface area contributed by atoms with Crippen molar-refractivity contribution in [2.24, 2.45) is 0 Å². The SMILES string of the molecule is Cc1cc(CC(=O)N2CCC[C@H]2C(=O)N[C@@H](C)c2ccc(Cl)cc2)on1. The number of halogens is 1. The van der Waals surface area contributed by atoms with Crippen LogP contribution in [0.5, 0.6) is 0 Å². The maximum absolute atomic E-state index is 12.7. The molecule has 2 aromatic rings. The Balaban J connectivity index is 1.62. The van der Waals surface area contributed by atoms with Crippen molar-refractivity contribution in [1.29, 1.82) is 0 Å². The summed E-state index contributed by atoms with van der Waals surface area (Å²) >= 11 is 5.90. The third-order valence-electron chi connectivity index (χ3n) is 4.61. The predicted molar refractivity (Wildman–Crippen MR) is 97.7 cm³/mol. The number of likely N-dealkylation sites (tertiary alicyclic amines) is 1. The molecule has 2 atom stereocenters. The summed E-state index contributed by atoms with van der Waals surface area (Å²) in [5, 5.41) is 7.45. The molecule has 0 aliphatic carbocycles.